The first kappa shape index (κ1) is 47.6. The molecule has 1 aliphatic carbocycles. The summed E-state index contributed by atoms with van der Waals surface area (Å²) in [6.07, 6.45) is 0. The van der Waals surface area contributed by atoms with Gasteiger partial charge in [-0.2, -0.15) is 0 Å². The molecule has 0 bridgehead atoms. The van der Waals surface area contributed by atoms with Crippen LogP contribution in [0.2, 0.25) is 64.0 Å². The molecular formula is C42H63Cl3Si4Ti. The maximum absolute atomic E-state index is 2.83. The first-order valence-electron chi connectivity index (χ1n) is 17.7. The van der Waals surface area contributed by atoms with Gasteiger partial charge in [0.25, 0.3) is 0 Å². The number of halogens is 3. The Morgan fingerprint density at radius 3 is 0.800 bits per heavy atom. The number of rotatable bonds is 7. The topological polar surface area (TPSA) is 0 Å². The van der Waals surface area contributed by atoms with Crippen molar-refractivity contribution in [1.82, 2.24) is 0 Å². The van der Waals surface area contributed by atoms with Crippen molar-refractivity contribution in [2.24, 2.45) is 0 Å². The zero-order valence-electron chi connectivity index (χ0n) is 34.6. The first-order chi connectivity index (χ1) is 21.2. The van der Waals surface area contributed by atoms with Crippen molar-refractivity contribution in [1.29, 1.82) is 0 Å². The monoisotopic (exact) mass is 832 g/mol. The van der Waals surface area contributed by atoms with E-state index in [1.54, 1.807) is 40.6 Å². The molecule has 0 radical (unpaired) electrons. The average Bonchev–Trinajstić information content (AvgIpc) is 3.01. The van der Waals surface area contributed by atoms with Crippen LogP contribution in [0.1, 0.15) is 61.1 Å². The van der Waals surface area contributed by atoms with Crippen molar-refractivity contribution >= 4 is 63.4 Å². The van der Waals surface area contributed by atoms with Crippen LogP contribution in [0.3, 0.4) is 0 Å². The van der Waals surface area contributed by atoms with Gasteiger partial charge in [-0.15, -0.1) is 0 Å². The Labute approximate surface area is 341 Å². The molecule has 3 aromatic rings. The predicted octanol–water partition coefficient (Wildman–Crippen LogP) is -0.414. The van der Waals surface area contributed by atoms with Gasteiger partial charge in [-0.05, 0) is 0 Å². The third-order valence-corrected chi connectivity index (χ3v) is 25.9. The molecule has 1 aliphatic rings. The smallest absolute Gasteiger partial charge is 1.00 e. The van der Waals surface area contributed by atoms with Gasteiger partial charge in [0.05, 0.1) is 0 Å². The summed E-state index contributed by atoms with van der Waals surface area (Å²) in [7, 11) is -7.48. The Hall–Kier alpha value is -0.408. The molecule has 0 aromatic heterocycles. The molecule has 0 heterocycles. The summed E-state index contributed by atoms with van der Waals surface area (Å²) in [6.45, 7) is 47.0. The van der Waals surface area contributed by atoms with Crippen molar-refractivity contribution in [3.63, 3.8) is 0 Å². The number of allylic oxidation sites excluding steroid dienone is 4. The minimum absolute atomic E-state index is 0. The van der Waals surface area contributed by atoms with Crippen molar-refractivity contribution in [3.8, 4) is 0 Å². The minimum atomic E-state index is -2.83. The van der Waals surface area contributed by atoms with E-state index in [1.165, 1.54) is 44.5 Å². The van der Waals surface area contributed by atoms with Crippen LogP contribution in [-0.2, 0) is 20.4 Å². The molecule has 8 heteroatoms. The summed E-state index contributed by atoms with van der Waals surface area (Å²) < 4.78 is 1.57. The molecule has 0 saturated heterocycles. The van der Waals surface area contributed by atoms with Gasteiger partial charge >= 0.3 is 307 Å². The van der Waals surface area contributed by atoms with Gasteiger partial charge < -0.3 is 37.2 Å². The van der Waals surface area contributed by atoms with E-state index in [0.29, 0.717) is 0 Å². The average molecular weight is 835 g/mol. The van der Waals surface area contributed by atoms with Crippen molar-refractivity contribution in [3.05, 3.63) is 90.4 Å². The first-order valence-corrected chi connectivity index (χ1v) is 31.0. The zero-order chi connectivity index (χ0) is 36.0. The molecule has 0 amide bonds. The summed E-state index contributed by atoms with van der Waals surface area (Å²) in [5.74, 6) is 0. The second-order valence-corrected chi connectivity index (χ2v) is 38.3. The Morgan fingerprint density at radius 2 is 0.640 bits per heavy atom. The van der Waals surface area contributed by atoms with E-state index in [9.17, 15) is 0 Å². The predicted molar refractivity (Wildman–Crippen MR) is 221 cm³/mol. The van der Waals surface area contributed by atoms with Crippen LogP contribution in [0, 0.1) is 41.5 Å². The van der Waals surface area contributed by atoms with Gasteiger partial charge in [0.15, 0.2) is 0 Å². The molecule has 0 saturated carbocycles. The molecule has 0 N–H and O–H groups in total. The van der Waals surface area contributed by atoms with Crippen molar-refractivity contribution < 1.29 is 57.7 Å². The van der Waals surface area contributed by atoms with Crippen LogP contribution in [0.15, 0.2) is 57.0 Å². The van der Waals surface area contributed by atoms with Gasteiger partial charge in [0, 0.05) is 0 Å². The second-order valence-electron chi connectivity index (χ2n) is 18.3. The summed E-state index contributed by atoms with van der Waals surface area (Å²) in [4.78, 5) is 0. The molecule has 0 fully saturated rings. The maximum Gasteiger partial charge on any atom is -1.00 e. The quantitative estimate of drug-likeness (QED) is 0.225. The molecule has 1 atom stereocenters. The summed E-state index contributed by atoms with van der Waals surface area (Å²) in [5, 5.41) is 9.54. The van der Waals surface area contributed by atoms with Crippen LogP contribution in [0.25, 0.3) is 0 Å². The van der Waals surface area contributed by atoms with Gasteiger partial charge in [-0.3, -0.25) is 0 Å². The van der Waals surface area contributed by atoms with E-state index >= 15 is 0 Å². The molecule has 0 aliphatic heterocycles. The number of hydrogen-bond acceptors (Lipinski definition) is 0. The third-order valence-electron chi connectivity index (χ3n) is 11.6. The summed E-state index contributed by atoms with van der Waals surface area (Å²) >= 11 is 2.47. The van der Waals surface area contributed by atoms with E-state index in [0.717, 1.165) is 0 Å². The Morgan fingerprint density at radius 1 is 0.420 bits per heavy atom. The van der Waals surface area contributed by atoms with Crippen LogP contribution in [0.4, 0.5) is 0 Å². The number of aryl methyl sites for hydroxylation is 6. The molecule has 1 unspecified atom stereocenters. The van der Waals surface area contributed by atoms with E-state index in [-0.39, 0.29) is 42.3 Å². The Balaban J connectivity index is 0.00000417. The number of hydrogen-bond donors (Lipinski definition) is 0. The van der Waals surface area contributed by atoms with Gasteiger partial charge in [0.2, 0.25) is 0 Å². The molecule has 0 spiro atoms. The van der Waals surface area contributed by atoms with E-state index in [1.807, 2.05) is 0 Å². The fraction of sp³-hybridized carbons (Fsp3) is 0.476. The largest absolute Gasteiger partial charge is 1.00 e. The van der Waals surface area contributed by atoms with E-state index < -0.39 is 32.3 Å². The van der Waals surface area contributed by atoms with E-state index in [2.05, 4.69) is 185 Å². The normalized spacial score (nSPS) is 17.1. The summed E-state index contributed by atoms with van der Waals surface area (Å²) in [6, 6.07) is 16.1. The SMILES string of the molecule is CC1=C(C)C(C)([Si](c2cc(C)c([Si](C)(C)C)c(C)c2)(c2cc(C)c([Si](C)(C)C)c(C)c2)c2cc(C)c([Si](C)(C)C)c(C)c2)[C]([Ti+3])=C1C.[Cl-].[Cl-].[Cl-]. The fourth-order valence-electron chi connectivity index (χ4n) is 10.3. The van der Waals surface area contributed by atoms with Crippen LogP contribution in [0.5, 0.6) is 0 Å². The van der Waals surface area contributed by atoms with Crippen LogP contribution >= 0.6 is 0 Å². The minimum Gasteiger partial charge on any atom is -1.00 e. The standard InChI is InChI=1S/C42H63Si4.3ClH.Ti/c1-27-20-36(21-28(2)39(27)43(11,12)13)46(42(10)26-33(7)34(8)35(42)9,37-22-29(3)40(30(4)23-37)44(14,15)16)38-24-31(5)41(32(6)25-38)45(17,18)19;;;;/h20-25H,1-19H3;3*1H;/q;;;;+3/p-3. The van der Waals surface area contributed by atoms with Gasteiger partial charge in [-0.25, -0.2) is 0 Å². The van der Waals surface area contributed by atoms with Gasteiger partial charge in [0.1, 0.15) is 0 Å². The Kier molecular flexibility index (Phi) is 15.0. The molecule has 4 rings (SSSR count). The number of benzene rings is 3. The maximum atomic E-state index is 2.68. The zero-order valence-corrected chi connectivity index (χ0v) is 42.4. The summed E-state index contributed by atoms with van der Waals surface area (Å²) in [5.41, 5.74) is 13.5. The third kappa shape index (κ3) is 7.60. The molecule has 3 aromatic carbocycles. The molecule has 50 heavy (non-hydrogen) atoms. The molecule has 0 nitrogen and oxygen atoms in total. The Bertz CT molecular complexity index is 1590. The van der Waals surface area contributed by atoms with E-state index in [4.69, 9.17) is 0 Å². The van der Waals surface area contributed by atoms with Crippen molar-refractivity contribution in [2.45, 2.75) is 133 Å². The van der Waals surface area contributed by atoms with Crippen LogP contribution in [-0.4, -0.2) is 32.3 Å². The second kappa shape index (κ2) is 15.8. The van der Waals surface area contributed by atoms with Crippen molar-refractivity contribution in [2.75, 3.05) is 0 Å². The van der Waals surface area contributed by atoms with Gasteiger partial charge in [-0.1, -0.05) is 0 Å². The fourth-order valence-corrected chi connectivity index (χ4v) is 26.0. The van der Waals surface area contributed by atoms with Crippen LogP contribution < -0.4 is 68.3 Å². The molecular weight excluding hydrogens is 771 g/mol. The molecule has 272 valence electrons.